The van der Waals surface area contributed by atoms with Crippen molar-refractivity contribution in [2.75, 3.05) is 13.7 Å². The van der Waals surface area contributed by atoms with Gasteiger partial charge in [-0.05, 0) is 6.92 Å². The van der Waals surface area contributed by atoms with Crippen LogP contribution in [0.3, 0.4) is 0 Å². The van der Waals surface area contributed by atoms with Gasteiger partial charge in [0.2, 0.25) is 0 Å². The summed E-state index contributed by atoms with van der Waals surface area (Å²) in [5.41, 5.74) is 1.26. The summed E-state index contributed by atoms with van der Waals surface area (Å²) in [7, 11) is 1.71. The fraction of sp³-hybridized carbons (Fsp3) is 0.231. The highest BCUT2D eigenvalue weighted by Gasteiger charge is 2.27. The molecule has 0 saturated heterocycles. The van der Waals surface area contributed by atoms with E-state index in [0.29, 0.717) is 18.1 Å². The van der Waals surface area contributed by atoms with Crippen molar-refractivity contribution < 1.29 is 9.53 Å². The fourth-order valence-corrected chi connectivity index (χ4v) is 1.59. The van der Waals surface area contributed by atoms with Gasteiger partial charge in [-0.1, -0.05) is 30.3 Å². The molecule has 0 spiro atoms. The molecule has 1 aliphatic heterocycles. The highest BCUT2D eigenvalue weighted by atomic mass is 16.5. The summed E-state index contributed by atoms with van der Waals surface area (Å²) in [6, 6.07) is 9.61. The lowest BCUT2D eigenvalue weighted by Crippen LogP contribution is -2.28. The average molecular weight is 230 g/mol. The third kappa shape index (κ3) is 2.20. The van der Waals surface area contributed by atoms with Crippen LogP contribution in [0, 0.1) is 0 Å². The number of ether oxygens (including phenoxy) is 1. The van der Waals surface area contributed by atoms with Crippen LogP contribution in [0.15, 0.2) is 47.3 Å². The van der Waals surface area contributed by atoms with E-state index in [9.17, 15) is 4.79 Å². The average Bonchev–Trinajstić information content (AvgIpc) is 2.65. The number of carbonyl (C=O) groups excluding carboxylic acids is 1. The molecule has 0 aromatic heterocycles. The lowest BCUT2D eigenvalue weighted by Gasteiger charge is -2.10. The third-order valence-corrected chi connectivity index (χ3v) is 2.46. The summed E-state index contributed by atoms with van der Waals surface area (Å²) in [4.78, 5) is 17.7. The second kappa shape index (κ2) is 4.82. The Morgan fingerprint density at radius 2 is 2.06 bits per heavy atom. The predicted octanol–water partition coefficient (Wildman–Crippen LogP) is 1.78. The normalized spacial score (nSPS) is 17.5. The Kier molecular flexibility index (Phi) is 3.23. The van der Waals surface area contributed by atoms with E-state index >= 15 is 0 Å². The number of amides is 1. The topological polar surface area (TPSA) is 41.9 Å². The Bertz CT molecular complexity index is 477. The van der Waals surface area contributed by atoms with Crippen LogP contribution in [-0.4, -0.2) is 30.3 Å². The van der Waals surface area contributed by atoms with Gasteiger partial charge >= 0.3 is 0 Å². The minimum absolute atomic E-state index is 0.141. The standard InChI is InChI=1S/C13H14N2O2/c1-3-17-9-11-13(16)15(2)12(14-11)10-7-5-4-6-8-10/h4-9H,3H2,1-2H3/b11-9-. The maximum atomic E-state index is 11.9. The number of likely N-dealkylation sites (N-methyl/N-ethyl adjacent to an activating group) is 1. The molecule has 1 aromatic carbocycles. The Labute approximate surface area is 100 Å². The van der Waals surface area contributed by atoms with Crippen molar-refractivity contribution in [3.63, 3.8) is 0 Å². The second-order valence-electron chi connectivity index (χ2n) is 3.62. The molecule has 4 heteroatoms. The van der Waals surface area contributed by atoms with E-state index in [1.165, 1.54) is 11.2 Å². The zero-order valence-electron chi connectivity index (χ0n) is 9.88. The summed E-state index contributed by atoms with van der Waals surface area (Å²) >= 11 is 0. The molecule has 0 aliphatic carbocycles. The van der Waals surface area contributed by atoms with Crippen LogP contribution < -0.4 is 0 Å². The van der Waals surface area contributed by atoms with Crippen molar-refractivity contribution in [1.29, 1.82) is 0 Å². The quantitative estimate of drug-likeness (QED) is 0.586. The van der Waals surface area contributed by atoms with E-state index in [1.54, 1.807) is 7.05 Å². The molecule has 17 heavy (non-hydrogen) atoms. The maximum absolute atomic E-state index is 11.9. The molecule has 0 atom stereocenters. The van der Waals surface area contributed by atoms with E-state index in [4.69, 9.17) is 4.74 Å². The molecule has 88 valence electrons. The monoisotopic (exact) mass is 230 g/mol. The lowest BCUT2D eigenvalue weighted by atomic mass is 10.2. The number of aliphatic imine (C=N–C) groups is 1. The van der Waals surface area contributed by atoms with Crippen LogP contribution in [-0.2, 0) is 9.53 Å². The summed E-state index contributed by atoms with van der Waals surface area (Å²) in [6.07, 6.45) is 1.41. The molecule has 0 fully saturated rings. The van der Waals surface area contributed by atoms with Crippen LogP contribution in [0.25, 0.3) is 0 Å². The van der Waals surface area contributed by atoms with Gasteiger partial charge in [-0.3, -0.25) is 9.69 Å². The van der Waals surface area contributed by atoms with Crippen molar-refractivity contribution in [1.82, 2.24) is 4.90 Å². The molecule has 0 saturated carbocycles. The molecule has 2 rings (SSSR count). The van der Waals surface area contributed by atoms with Crippen molar-refractivity contribution >= 4 is 11.7 Å². The van der Waals surface area contributed by atoms with Gasteiger partial charge in [0.25, 0.3) is 5.91 Å². The van der Waals surface area contributed by atoms with Crippen LogP contribution in [0.5, 0.6) is 0 Å². The van der Waals surface area contributed by atoms with E-state index < -0.39 is 0 Å². The Balaban J connectivity index is 2.33. The molecule has 0 N–H and O–H groups in total. The van der Waals surface area contributed by atoms with Crippen LogP contribution in [0.2, 0.25) is 0 Å². The minimum Gasteiger partial charge on any atom is -0.499 e. The van der Waals surface area contributed by atoms with Crippen LogP contribution in [0.4, 0.5) is 0 Å². The number of hydrogen-bond acceptors (Lipinski definition) is 3. The van der Waals surface area contributed by atoms with Gasteiger partial charge in [-0.2, -0.15) is 0 Å². The van der Waals surface area contributed by atoms with Crippen molar-refractivity contribution in [3.05, 3.63) is 47.9 Å². The molecule has 1 aliphatic rings. The minimum atomic E-state index is -0.141. The smallest absolute Gasteiger partial charge is 0.281 e. The van der Waals surface area contributed by atoms with Crippen LogP contribution in [0.1, 0.15) is 12.5 Å². The van der Waals surface area contributed by atoms with Crippen molar-refractivity contribution in [3.8, 4) is 0 Å². The van der Waals surface area contributed by atoms with Crippen molar-refractivity contribution in [2.45, 2.75) is 6.92 Å². The maximum Gasteiger partial charge on any atom is 0.281 e. The fourth-order valence-electron chi connectivity index (χ4n) is 1.59. The highest BCUT2D eigenvalue weighted by Crippen LogP contribution is 2.17. The van der Waals surface area contributed by atoms with Gasteiger partial charge in [-0.25, -0.2) is 4.99 Å². The second-order valence-corrected chi connectivity index (χ2v) is 3.62. The van der Waals surface area contributed by atoms with Gasteiger partial charge < -0.3 is 4.74 Å². The number of rotatable bonds is 3. The highest BCUT2D eigenvalue weighted by molar-refractivity contribution is 6.17. The number of nitrogens with zero attached hydrogens (tertiary/aromatic N) is 2. The van der Waals surface area contributed by atoms with E-state index in [1.807, 2.05) is 37.3 Å². The molecular weight excluding hydrogens is 216 g/mol. The van der Waals surface area contributed by atoms with Gasteiger partial charge in [0.15, 0.2) is 5.70 Å². The van der Waals surface area contributed by atoms with E-state index in [-0.39, 0.29) is 5.91 Å². The molecule has 0 unspecified atom stereocenters. The van der Waals surface area contributed by atoms with Gasteiger partial charge in [-0.15, -0.1) is 0 Å². The summed E-state index contributed by atoms with van der Waals surface area (Å²) in [5, 5.41) is 0. The molecule has 1 amide bonds. The molecule has 1 aromatic rings. The SMILES string of the molecule is CCO/C=C1\N=C(c2ccccc2)N(C)C1=O. The van der Waals surface area contributed by atoms with Gasteiger partial charge in [0.05, 0.1) is 6.61 Å². The van der Waals surface area contributed by atoms with E-state index in [0.717, 1.165) is 5.56 Å². The zero-order chi connectivity index (χ0) is 12.3. The number of benzene rings is 1. The van der Waals surface area contributed by atoms with Gasteiger partial charge in [0, 0.05) is 12.6 Å². The van der Waals surface area contributed by atoms with Crippen LogP contribution >= 0.6 is 0 Å². The van der Waals surface area contributed by atoms with E-state index in [2.05, 4.69) is 4.99 Å². The molecule has 1 heterocycles. The largest absolute Gasteiger partial charge is 0.499 e. The Hall–Kier alpha value is -2.10. The molecule has 0 bridgehead atoms. The molecular formula is C13H14N2O2. The summed E-state index contributed by atoms with van der Waals surface area (Å²) in [5.74, 6) is 0.513. The summed E-state index contributed by atoms with van der Waals surface area (Å²) in [6.45, 7) is 2.39. The number of carbonyl (C=O) groups is 1. The lowest BCUT2D eigenvalue weighted by molar-refractivity contribution is -0.121. The predicted molar refractivity (Wildman–Crippen MR) is 65.5 cm³/mol. The first kappa shape index (κ1) is 11.4. The zero-order valence-corrected chi connectivity index (χ0v) is 9.88. The Morgan fingerprint density at radius 1 is 1.35 bits per heavy atom. The third-order valence-electron chi connectivity index (χ3n) is 2.46. The van der Waals surface area contributed by atoms with Crippen molar-refractivity contribution in [2.24, 2.45) is 4.99 Å². The first-order chi connectivity index (χ1) is 8.24. The number of amidine groups is 1. The summed E-state index contributed by atoms with van der Waals surface area (Å²) < 4.78 is 5.10. The first-order valence-corrected chi connectivity index (χ1v) is 5.48. The Morgan fingerprint density at radius 3 is 2.71 bits per heavy atom. The number of hydrogen-bond donors (Lipinski definition) is 0. The molecule has 0 radical (unpaired) electrons. The first-order valence-electron chi connectivity index (χ1n) is 5.48. The molecule has 4 nitrogen and oxygen atoms in total. The van der Waals surface area contributed by atoms with Gasteiger partial charge in [0.1, 0.15) is 12.1 Å².